The number of rotatable bonds is 1. The van der Waals surface area contributed by atoms with Crippen LogP contribution < -0.4 is 0 Å². The molecule has 4 heteroatoms. The molecule has 0 radical (unpaired) electrons. The second kappa shape index (κ2) is 5.67. The minimum atomic E-state index is -1.00. The quantitative estimate of drug-likeness (QED) is 0.476. The fraction of sp³-hybridized carbons (Fsp3) is 0.739. The number of hydrogen-bond acceptors (Lipinski definition) is 4. The molecular formula is C23H32O3S. The fourth-order valence-corrected chi connectivity index (χ4v) is 7.97. The van der Waals surface area contributed by atoms with E-state index in [0.29, 0.717) is 24.0 Å². The van der Waals surface area contributed by atoms with Crippen molar-refractivity contribution >= 4 is 12.6 Å². The normalized spacial score (nSPS) is 51.9. The van der Waals surface area contributed by atoms with Crippen LogP contribution in [0.1, 0.15) is 70.8 Å². The summed E-state index contributed by atoms with van der Waals surface area (Å²) in [7, 11) is 0. The lowest BCUT2D eigenvalue weighted by Crippen LogP contribution is -2.63. The SMILES string of the molecule is C[C@]12CC[C@H]3[C@@H](CCC4=C[C@@H](S)CC[C@@]43C)[C@@]1(O)CC[C@]2(O)c1ccoc1. The van der Waals surface area contributed by atoms with Crippen molar-refractivity contribution in [2.24, 2.45) is 22.7 Å². The first kappa shape index (κ1) is 18.3. The van der Waals surface area contributed by atoms with Gasteiger partial charge in [-0.1, -0.05) is 25.5 Å². The van der Waals surface area contributed by atoms with Crippen LogP contribution in [0.3, 0.4) is 0 Å². The molecule has 2 N–H and O–H groups in total. The zero-order valence-corrected chi connectivity index (χ0v) is 17.3. The van der Waals surface area contributed by atoms with Crippen LogP contribution in [0, 0.1) is 22.7 Å². The highest BCUT2D eigenvalue weighted by Gasteiger charge is 2.71. The standard InChI is InChI=1S/C23H32O3S/c1-20-8-5-17(27)13-15(20)3-4-19-18(20)6-9-21(2)22(24,10-11-23(19,21)25)16-7-12-26-14-16/h7,12-14,17-19,24-25,27H,3-6,8-11H2,1-2H3/t17-,18-,19+,20-,21+,22-,23-/m0/s1. The molecule has 0 bridgehead atoms. The van der Waals surface area contributed by atoms with Crippen molar-refractivity contribution in [2.75, 3.05) is 0 Å². The van der Waals surface area contributed by atoms with Gasteiger partial charge in [0.2, 0.25) is 0 Å². The number of hydrogen-bond donors (Lipinski definition) is 3. The Morgan fingerprint density at radius 2 is 1.85 bits per heavy atom. The third-order valence-corrected chi connectivity index (χ3v) is 9.83. The van der Waals surface area contributed by atoms with Crippen molar-refractivity contribution in [3.8, 4) is 0 Å². The van der Waals surface area contributed by atoms with Crippen molar-refractivity contribution in [2.45, 2.75) is 81.7 Å². The number of fused-ring (bicyclic) bond motifs is 5. The highest BCUT2D eigenvalue weighted by Crippen LogP contribution is 2.71. The molecule has 3 nitrogen and oxygen atoms in total. The first-order valence-electron chi connectivity index (χ1n) is 10.6. The molecule has 4 aliphatic carbocycles. The topological polar surface area (TPSA) is 53.6 Å². The summed E-state index contributed by atoms with van der Waals surface area (Å²) in [6.45, 7) is 4.56. The largest absolute Gasteiger partial charge is 0.472 e. The zero-order chi connectivity index (χ0) is 19.1. The Morgan fingerprint density at radius 1 is 1.04 bits per heavy atom. The molecule has 148 valence electrons. The van der Waals surface area contributed by atoms with Gasteiger partial charge < -0.3 is 14.6 Å². The van der Waals surface area contributed by atoms with Gasteiger partial charge in [0.15, 0.2) is 0 Å². The number of allylic oxidation sites excluding steroid dienone is 1. The van der Waals surface area contributed by atoms with Crippen molar-refractivity contribution in [1.29, 1.82) is 0 Å². The summed E-state index contributed by atoms with van der Waals surface area (Å²) in [5.41, 5.74) is 0.259. The van der Waals surface area contributed by atoms with E-state index in [0.717, 1.165) is 37.7 Å². The third kappa shape index (κ3) is 2.13. The molecule has 0 saturated heterocycles. The number of furan rings is 1. The van der Waals surface area contributed by atoms with Crippen LogP contribution >= 0.6 is 12.6 Å². The summed E-state index contributed by atoms with van der Waals surface area (Å²) in [6, 6.07) is 1.88. The highest BCUT2D eigenvalue weighted by molar-refractivity contribution is 7.81. The van der Waals surface area contributed by atoms with Crippen LogP contribution in [0.15, 0.2) is 34.7 Å². The molecule has 0 amide bonds. The molecule has 0 aromatic carbocycles. The molecule has 0 aliphatic heterocycles. The van der Waals surface area contributed by atoms with Gasteiger partial charge in [-0.25, -0.2) is 0 Å². The average molecular weight is 389 g/mol. The summed E-state index contributed by atoms with van der Waals surface area (Å²) in [4.78, 5) is 0. The molecule has 0 spiro atoms. The molecular weight excluding hydrogens is 356 g/mol. The second-order valence-corrected chi connectivity index (χ2v) is 10.8. The Bertz CT molecular complexity index is 773. The van der Waals surface area contributed by atoms with Gasteiger partial charge in [-0.05, 0) is 74.7 Å². The minimum absolute atomic E-state index is 0.190. The fourth-order valence-electron chi connectivity index (χ4n) is 7.66. The van der Waals surface area contributed by atoms with Gasteiger partial charge in [0, 0.05) is 16.2 Å². The van der Waals surface area contributed by atoms with E-state index < -0.39 is 16.6 Å². The molecule has 3 saturated carbocycles. The Kier molecular flexibility index (Phi) is 3.85. The van der Waals surface area contributed by atoms with E-state index in [1.54, 1.807) is 18.1 Å². The van der Waals surface area contributed by atoms with Crippen LogP contribution in [0.2, 0.25) is 0 Å². The van der Waals surface area contributed by atoms with Crippen molar-refractivity contribution < 1.29 is 14.6 Å². The third-order valence-electron chi connectivity index (χ3n) is 9.42. The molecule has 4 aliphatic rings. The lowest BCUT2D eigenvalue weighted by atomic mass is 9.44. The number of thiol groups is 1. The Morgan fingerprint density at radius 3 is 2.59 bits per heavy atom. The maximum atomic E-state index is 12.1. The van der Waals surface area contributed by atoms with E-state index in [2.05, 4.69) is 19.9 Å². The molecule has 1 heterocycles. The van der Waals surface area contributed by atoms with Gasteiger partial charge >= 0.3 is 0 Å². The Hall–Kier alpha value is -0.710. The maximum absolute atomic E-state index is 12.1. The number of aliphatic hydroxyl groups is 2. The first-order valence-corrected chi connectivity index (χ1v) is 11.1. The van der Waals surface area contributed by atoms with Crippen LogP contribution in [0.4, 0.5) is 0 Å². The molecule has 7 atom stereocenters. The van der Waals surface area contributed by atoms with Crippen molar-refractivity contribution in [1.82, 2.24) is 0 Å². The van der Waals surface area contributed by atoms with E-state index >= 15 is 0 Å². The molecule has 1 aromatic rings. The van der Waals surface area contributed by atoms with E-state index in [4.69, 9.17) is 17.0 Å². The summed E-state index contributed by atoms with van der Waals surface area (Å²) in [6.07, 6.45) is 13.3. The van der Waals surface area contributed by atoms with E-state index in [1.165, 1.54) is 6.42 Å². The lowest BCUT2D eigenvalue weighted by molar-refractivity contribution is -0.221. The van der Waals surface area contributed by atoms with Crippen molar-refractivity contribution in [3.63, 3.8) is 0 Å². The van der Waals surface area contributed by atoms with Gasteiger partial charge in [-0.3, -0.25) is 0 Å². The molecule has 3 fully saturated rings. The van der Waals surface area contributed by atoms with Gasteiger partial charge in [-0.15, -0.1) is 0 Å². The Labute approximate surface area is 167 Å². The smallest absolute Gasteiger partial charge is 0.101 e. The maximum Gasteiger partial charge on any atom is 0.101 e. The monoisotopic (exact) mass is 388 g/mol. The molecule has 5 rings (SSSR count). The van der Waals surface area contributed by atoms with Gasteiger partial charge in [0.1, 0.15) is 5.60 Å². The zero-order valence-electron chi connectivity index (χ0n) is 16.4. The average Bonchev–Trinajstić information content (AvgIpc) is 3.24. The molecule has 0 unspecified atom stereocenters. The molecule has 27 heavy (non-hydrogen) atoms. The second-order valence-electron chi connectivity index (χ2n) is 10.1. The predicted octanol–water partition coefficient (Wildman–Crippen LogP) is 4.84. The van der Waals surface area contributed by atoms with E-state index in [9.17, 15) is 10.2 Å². The first-order chi connectivity index (χ1) is 12.7. The minimum Gasteiger partial charge on any atom is -0.472 e. The van der Waals surface area contributed by atoms with Crippen LogP contribution in [0.5, 0.6) is 0 Å². The highest BCUT2D eigenvalue weighted by atomic mass is 32.1. The molecule has 1 aromatic heterocycles. The van der Waals surface area contributed by atoms with E-state index in [-0.39, 0.29) is 11.3 Å². The van der Waals surface area contributed by atoms with Crippen LogP contribution in [-0.2, 0) is 5.60 Å². The summed E-state index contributed by atoms with van der Waals surface area (Å²) < 4.78 is 5.30. The summed E-state index contributed by atoms with van der Waals surface area (Å²) >= 11 is 4.71. The summed E-state index contributed by atoms with van der Waals surface area (Å²) in [5.74, 6) is 0.763. The lowest BCUT2D eigenvalue weighted by Gasteiger charge is -2.62. The summed E-state index contributed by atoms with van der Waals surface area (Å²) in [5, 5.41) is 24.3. The van der Waals surface area contributed by atoms with Gasteiger partial charge in [0.05, 0.1) is 18.1 Å². The van der Waals surface area contributed by atoms with Gasteiger partial charge in [0.25, 0.3) is 0 Å². The van der Waals surface area contributed by atoms with Crippen LogP contribution in [0.25, 0.3) is 0 Å². The van der Waals surface area contributed by atoms with E-state index in [1.807, 2.05) is 6.07 Å². The predicted molar refractivity (Wildman–Crippen MR) is 109 cm³/mol. The van der Waals surface area contributed by atoms with Crippen molar-refractivity contribution in [3.05, 3.63) is 35.8 Å². The van der Waals surface area contributed by atoms with Crippen LogP contribution in [-0.4, -0.2) is 21.1 Å². The van der Waals surface area contributed by atoms with Gasteiger partial charge in [-0.2, -0.15) is 12.6 Å². The Balaban J connectivity index is 1.56.